The average molecular weight is 365 g/mol. The van der Waals surface area contributed by atoms with E-state index >= 15 is 0 Å². The smallest absolute Gasteiger partial charge is 0.432 e. The number of hydrogen-bond donors (Lipinski definition) is 0. The van der Waals surface area contributed by atoms with Crippen LogP contribution in [0.5, 0.6) is 5.75 Å². The Morgan fingerprint density at radius 2 is 1.69 bits per heavy atom. The summed E-state index contributed by atoms with van der Waals surface area (Å²) in [4.78, 5) is 23.0. The first kappa shape index (κ1) is 17.9. The molecule has 0 spiro atoms. The largest absolute Gasteiger partial charge is 0.473 e. The molecule has 8 heteroatoms. The number of nitrogens with zero attached hydrogens (tertiary/aromatic N) is 1. The molecule has 5 nitrogen and oxygen atoms in total. The third-order valence-corrected chi connectivity index (χ3v) is 4.36. The van der Waals surface area contributed by atoms with Gasteiger partial charge >= 0.3 is 6.18 Å². The second-order valence-electron chi connectivity index (χ2n) is 5.99. The minimum absolute atomic E-state index is 0.0845. The van der Waals surface area contributed by atoms with Crippen LogP contribution < -0.4 is 4.74 Å². The van der Waals surface area contributed by atoms with Crippen LogP contribution >= 0.6 is 0 Å². The number of halogens is 3. The molecule has 0 amide bonds. The van der Waals surface area contributed by atoms with E-state index in [1.54, 1.807) is 24.3 Å². The Morgan fingerprint density at radius 3 is 2.31 bits per heavy atom. The predicted molar refractivity (Wildman–Crippen MR) is 85.8 cm³/mol. The molecule has 0 aliphatic carbocycles. The average Bonchev–Trinajstić information content (AvgIpc) is 2.61. The number of fused-ring (bicyclic) bond motifs is 1. The number of benzene rings is 2. The molecule has 2 aromatic carbocycles. The molecule has 3 atom stereocenters. The minimum atomic E-state index is -4.93. The molecule has 0 N–H and O–H groups in total. The van der Waals surface area contributed by atoms with Crippen LogP contribution in [0.25, 0.3) is 0 Å². The van der Waals surface area contributed by atoms with Crippen LogP contribution in [0.4, 0.5) is 13.2 Å². The quantitative estimate of drug-likeness (QED) is 0.466. The number of hydrogen-bond acceptors (Lipinski definition) is 4. The number of carbonyl (C=O) groups excluding carboxylic acids is 1. The second kappa shape index (κ2) is 6.78. The van der Waals surface area contributed by atoms with Gasteiger partial charge in [-0.25, -0.2) is 0 Å². The summed E-state index contributed by atoms with van der Waals surface area (Å²) < 4.78 is 45.0. The maximum Gasteiger partial charge on any atom is 0.432 e. The van der Waals surface area contributed by atoms with Gasteiger partial charge in [0.15, 0.2) is 5.78 Å². The topological polar surface area (TPSA) is 69.4 Å². The standard InChI is InChI=1S/C18H14F3NO4/c19-18(20,21)17-16(22(24)25)13(12-8-4-5-9-15(12)26-17)10-14(23)11-6-2-1-3-7-11/h1-9,13,16-17H,10H2/t13-,16-,17+/m1/s1. The van der Waals surface area contributed by atoms with Gasteiger partial charge in [0.1, 0.15) is 5.75 Å². The fourth-order valence-electron chi connectivity index (χ4n) is 3.19. The number of nitro groups is 1. The highest BCUT2D eigenvalue weighted by molar-refractivity contribution is 5.96. The predicted octanol–water partition coefficient (Wildman–Crippen LogP) is 4.01. The summed E-state index contributed by atoms with van der Waals surface area (Å²) in [6.45, 7) is 0. The fraction of sp³-hybridized carbons (Fsp3) is 0.278. The van der Waals surface area contributed by atoms with Crippen molar-refractivity contribution >= 4 is 5.78 Å². The van der Waals surface area contributed by atoms with E-state index < -0.39 is 41.4 Å². The monoisotopic (exact) mass is 365 g/mol. The van der Waals surface area contributed by atoms with Gasteiger partial charge in [-0.1, -0.05) is 48.5 Å². The number of ketones is 1. The Morgan fingerprint density at radius 1 is 1.08 bits per heavy atom. The van der Waals surface area contributed by atoms with Crippen LogP contribution in [0.15, 0.2) is 54.6 Å². The Bertz CT molecular complexity index is 823. The maximum absolute atomic E-state index is 13.4. The fourth-order valence-corrected chi connectivity index (χ4v) is 3.19. The third-order valence-electron chi connectivity index (χ3n) is 4.36. The molecule has 26 heavy (non-hydrogen) atoms. The Balaban J connectivity index is 2.03. The highest BCUT2D eigenvalue weighted by Crippen LogP contribution is 2.44. The zero-order valence-corrected chi connectivity index (χ0v) is 13.3. The number of rotatable bonds is 4. The number of ether oxygens (including phenoxy) is 1. The van der Waals surface area contributed by atoms with E-state index in [0.717, 1.165) is 0 Å². The summed E-state index contributed by atoms with van der Waals surface area (Å²) in [5.74, 6) is -1.78. The van der Waals surface area contributed by atoms with Crippen molar-refractivity contribution in [2.75, 3.05) is 0 Å². The molecular weight excluding hydrogens is 351 g/mol. The molecular formula is C18H14F3NO4. The van der Waals surface area contributed by atoms with Crippen molar-refractivity contribution in [3.8, 4) is 5.75 Å². The van der Waals surface area contributed by atoms with E-state index in [2.05, 4.69) is 0 Å². The second-order valence-corrected chi connectivity index (χ2v) is 5.99. The number of carbonyl (C=O) groups is 1. The van der Waals surface area contributed by atoms with Gasteiger partial charge in [-0.15, -0.1) is 0 Å². The Kier molecular flexibility index (Phi) is 4.67. The number of Topliss-reactive ketones (excluding diaryl/α,β-unsaturated/α-hetero) is 1. The third kappa shape index (κ3) is 3.40. The van der Waals surface area contributed by atoms with Gasteiger partial charge in [-0.3, -0.25) is 14.9 Å². The first-order valence-corrected chi connectivity index (χ1v) is 7.83. The molecule has 0 saturated heterocycles. The zero-order chi connectivity index (χ0) is 18.9. The van der Waals surface area contributed by atoms with Crippen molar-refractivity contribution in [1.82, 2.24) is 0 Å². The van der Waals surface area contributed by atoms with Gasteiger partial charge in [0.25, 0.3) is 12.1 Å². The van der Waals surface area contributed by atoms with Crippen LogP contribution in [0.3, 0.4) is 0 Å². The van der Waals surface area contributed by atoms with E-state index in [1.165, 1.54) is 30.3 Å². The molecule has 1 aliphatic rings. The van der Waals surface area contributed by atoms with Crippen molar-refractivity contribution in [1.29, 1.82) is 0 Å². The molecule has 0 fully saturated rings. The van der Waals surface area contributed by atoms with Crippen LogP contribution in [0.1, 0.15) is 28.3 Å². The molecule has 0 radical (unpaired) electrons. The SMILES string of the molecule is O=C(C[C@@H]1c2ccccc2O[C@H](C(F)(F)F)[C@@H]1[N+](=O)[O-])c1ccccc1. The van der Waals surface area contributed by atoms with Crippen LogP contribution in [-0.2, 0) is 0 Å². The summed E-state index contributed by atoms with van der Waals surface area (Å²) in [6.07, 6.45) is -7.96. The van der Waals surface area contributed by atoms with Crippen molar-refractivity contribution in [2.24, 2.45) is 0 Å². The molecule has 136 valence electrons. The summed E-state index contributed by atoms with van der Waals surface area (Å²) in [5, 5.41) is 11.5. The van der Waals surface area contributed by atoms with Crippen molar-refractivity contribution < 1.29 is 27.6 Å². The van der Waals surface area contributed by atoms with Crippen LogP contribution in [-0.4, -0.2) is 29.0 Å². The lowest BCUT2D eigenvalue weighted by molar-refractivity contribution is -0.548. The highest BCUT2D eigenvalue weighted by Gasteiger charge is 2.59. The first-order valence-electron chi connectivity index (χ1n) is 7.83. The normalized spacial score (nSPS) is 22.2. The summed E-state index contributed by atoms with van der Waals surface area (Å²) in [6, 6.07) is 11.7. The number of para-hydroxylation sites is 1. The lowest BCUT2D eigenvalue weighted by Gasteiger charge is -2.35. The Labute approximate surface area is 146 Å². The number of alkyl halides is 3. The molecule has 0 aromatic heterocycles. The van der Waals surface area contributed by atoms with Crippen LogP contribution in [0.2, 0.25) is 0 Å². The highest BCUT2D eigenvalue weighted by atomic mass is 19.4. The molecule has 2 aromatic rings. The first-order chi connectivity index (χ1) is 12.3. The van der Waals surface area contributed by atoms with Gasteiger partial charge in [0.05, 0.1) is 5.92 Å². The van der Waals surface area contributed by atoms with Gasteiger partial charge in [0, 0.05) is 22.5 Å². The summed E-state index contributed by atoms with van der Waals surface area (Å²) in [5.41, 5.74) is 0.529. The molecule has 1 heterocycles. The molecule has 0 bridgehead atoms. The van der Waals surface area contributed by atoms with E-state index in [-0.39, 0.29) is 11.3 Å². The van der Waals surface area contributed by atoms with Crippen LogP contribution in [0, 0.1) is 10.1 Å². The van der Waals surface area contributed by atoms with E-state index in [4.69, 9.17) is 4.74 Å². The van der Waals surface area contributed by atoms with Crippen molar-refractivity contribution in [3.05, 3.63) is 75.8 Å². The Hall–Kier alpha value is -2.90. The minimum Gasteiger partial charge on any atom is -0.473 e. The summed E-state index contributed by atoms with van der Waals surface area (Å²) in [7, 11) is 0. The summed E-state index contributed by atoms with van der Waals surface area (Å²) >= 11 is 0. The van der Waals surface area contributed by atoms with E-state index in [9.17, 15) is 28.1 Å². The van der Waals surface area contributed by atoms with Gasteiger partial charge in [-0.2, -0.15) is 13.2 Å². The molecule has 1 aliphatic heterocycles. The van der Waals surface area contributed by atoms with Crippen molar-refractivity contribution in [3.63, 3.8) is 0 Å². The van der Waals surface area contributed by atoms with Crippen molar-refractivity contribution in [2.45, 2.75) is 30.7 Å². The van der Waals surface area contributed by atoms with Gasteiger partial charge in [-0.05, 0) is 6.07 Å². The lowest BCUT2D eigenvalue weighted by Crippen LogP contribution is -2.53. The van der Waals surface area contributed by atoms with Gasteiger partial charge in [0.2, 0.25) is 0 Å². The molecule has 0 saturated carbocycles. The molecule has 3 rings (SSSR count). The molecule has 0 unspecified atom stereocenters. The van der Waals surface area contributed by atoms with E-state index in [1.807, 2.05) is 0 Å². The van der Waals surface area contributed by atoms with Gasteiger partial charge < -0.3 is 4.74 Å². The lowest BCUT2D eigenvalue weighted by atomic mass is 9.81. The maximum atomic E-state index is 13.4. The zero-order valence-electron chi connectivity index (χ0n) is 13.3. The van der Waals surface area contributed by atoms with E-state index in [0.29, 0.717) is 5.56 Å².